The van der Waals surface area contributed by atoms with Gasteiger partial charge in [0, 0.05) is 31.1 Å². The van der Waals surface area contributed by atoms with Crippen molar-refractivity contribution in [3.63, 3.8) is 0 Å². The monoisotopic (exact) mass is 300 g/mol. The zero-order valence-electron chi connectivity index (χ0n) is 12.4. The fourth-order valence-corrected chi connectivity index (χ4v) is 3.11. The third-order valence-electron chi connectivity index (χ3n) is 4.07. The topological polar surface area (TPSA) is 45.4 Å². The van der Waals surface area contributed by atoms with Gasteiger partial charge >= 0.3 is 0 Å². The summed E-state index contributed by atoms with van der Waals surface area (Å²) >= 11 is 5.24. The van der Waals surface area contributed by atoms with Crippen molar-refractivity contribution in [1.29, 1.82) is 0 Å². The molecule has 0 aliphatic carbocycles. The lowest BCUT2D eigenvalue weighted by molar-refractivity contribution is 0.274. The second kappa shape index (κ2) is 5.58. The Bertz CT molecular complexity index is 685. The van der Waals surface area contributed by atoms with Crippen molar-refractivity contribution in [1.82, 2.24) is 9.88 Å². The number of nitrogens with two attached hydrogens (primary N) is 1. The molecule has 21 heavy (non-hydrogen) atoms. The van der Waals surface area contributed by atoms with Crippen LogP contribution in [0.5, 0.6) is 0 Å². The molecule has 1 aliphatic heterocycles. The highest BCUT2D eigenvalue weighted by Gasteiger charge is 2.25. The summed E-state index contributed by atoms with van der Waals surface area (Å²) < 4.78 is 0. The van der Waals surface area contributed by atoms with Gasteiger partial charge in [0.05, 0.1) is 11.1 Å². The molecule has 1 saturated heterocycles. The van der Waals surface area contributed by atoms with E-state index in [1.807, 2.05) is 24.3 Å². The number of rotatable bonds is 2. The number of piperazine rings is 1. The zero-order chi connectivity index (χ0) is 15.0. The molecule has 0 spiro atoms. The van der Waals surface area contributed by atoms with Gasteiger partial charge in [-0.05, 0) is 26.1 Å². The normalized spacial score (nSPS) is 19.9. The van der Waals surface area contributed by atoms with Crippen molar-refractivity contribution in [2.24, 2.45) is 5.73 Å². The predicted molar refractivity (Wildman–Crippen MR) is 91.9 cm³/mol. The minimum atomic E-state index is 0.394. The first-order chi connectivity index (χ1) is 10.1. The molecule has 0 bridgehead atoms. The quantitative estimate of drug-likeness (QED) is 0.860. The maximum atomic E-state index is 5.94. The van der Waals surface area contributed by atoms with Crippen LogP contribution in [0, 0.1) is 0 Å². The van der Waals surface area contributed by atoms with Crippen molar-refractivity contribution in [3.05, 3.63) is 35.9 Å². The van der Waals surface area contributed by atoms with E-state index in [0.717, 1.165) is 41.9 Å². The Balaban J connectivity index is 2.11. The Morgan fingerprint density at radius 2 is 2.10 bits per heavy atom. The highest BCUT2D eigenvalue weighted by molar-refractivity contribution is 7.80. The van der Waals surface area contributed by atoms with Gasteiger partial charge in [-0.2, -0.15) is 0 Å². The number of anilines is 1. The van der Waals surface area contributed by atoms with Gasteiger partial charge in [0.15, 0.2) is 0 Å². The standard InChI is InChI=1S/C16H20N4S/c1-11-10-19(2)7-8-20(11)16-13(15(17)21)9-12-5-3-4-6-14(12)18-16/h3-6,9,11H,7-8,10H2,1-2H3,(H2,17,21). The molecule has 2 N–H and O–H groups in total. The minimum absolute atomic E-state index is 0.394. The fraction of sp³-hybridized carbons (Fsp3) is 0.375. The summed E-state index contributed by atoms with van der Waals surface area (Å²) in [5.41, 5.74) is 7.80. The highest BCUT2D eigenvalue weighted by Crippen LogP contribution is 2.26. The lowest BCUT2D eigenvalue weighted by atomic mass is 10.1. The van der Waals surface area contributed by atoms with Crippen LogP contribution in [0.3, 0.4) is 0 Å². The second-order valence-corrected chi connectivity index (χ2v) is 6.16. The van der Waals surface area contributed by atoms with E-state index in [1.54, 1.807) is 0 Å². The second-order valence-electron chi connectivity index (χ2n) is 5.72. The molecule has 3 rings (SSSR count). The van der Waals surface area contributed by atoms with Gasteiger partial charge in [0.2, 0.25) is 0 Å². The van der Waals surface area contributed by atoms with Gasteiger partial charge in [-0.15, -0.1) is 0 Å². The van der Waals surface area contributed by atoms with Gasteiger partial charge < -0.3 is 15.5 Å². The van der Waals surface area contributed by atoms with E-state index in [1.165, 1.54) is 0 Å². The number of benzene rings is 1. The third kappa shape index (κ3) is 2.71. The molecular formula is C16H20N4S. The molecule has 1 fully saturated rings. The van der Waals surface area contributed by atoms with Crippen LogP contribution in [0.25, 0.3) is 10.9 Å². The first-order valence-electron chi connectivity index (χ1n) is 7.21. The molecule has 1 aliphatic rings. The van der Waals surface area contributed by atoms with Crippen molar-refractivity contribution >= 4 is 33.9 Å². The van der Waals surface area contributed by atoms with Crippen LogP contribution in [0.4, 0.5) is 5.82 Å². The molecule has 0 radical (unpaired) electrons. The van der Waals surface area contributed by atoms with Crippen LogP contribution in [0.15, 0.2) is 30.3 Å². The van der Waals surface area contributed by atoms with Crippen LogP contribution in [-0.2, 0) is 0 Å². The Labute approximate surface area is 130 Å². The average Bonchev–Trinajstić information content (AvgIpc) is 2.46. The molecule has 0 saturated carbocycles. The number of pyridine rings is 1. The number of hydrogen-bond donors (Lipinski definition) is 1. The smallest absolute Gasteiger partial charge is 0.139 e. The van der Waals surface area contributed by atoms with Crippen LogP contribution < -0.4 is 10.6 Å². The summed E-state index contributed by atoms with van der Waals surface area (Å²) in [5, 5.41) is 1.07. The summed E-state index contributed by atoms with van der Waals surface area (Å²) in [5.74, 6) is 0.918. The number of aromatic nitrogens is 1. The molecule has 1 atom stereocenters. The summed E-state index contributed by atoms with van der Waals surface area (Å²) in [6, 6.07) is 10.5. The Hall–Kier alpha value is -1.72. The largest absolute Gasteiger partial charge is 0.389 e. The number of para-hydroxylation sites is 1. The van der Waals surface area contributed by atoms with E-state index in [-0.39, 0.29) is 0 Å². The van der Waals surface area contributed by atoms with Crippen LogP contribution in [0.2, 0.25) is 0 Å². The van der Waals surface area contributed by atoms with Crippen molar-refractivity contribution in [2.75, 3.05) is 31.6 Å². The van der Waals surface area contributed by atoms with Gasteiger partial charge in [0.25, 0.3) is 0 Å². The number of nitrogens with zero attached hydrogens (tertiary/aromatic N) is 3. The summed E-state index contributed by atoms with van der Waals surface area (Å²) in [7, 11) is 2.15. The van der Waals surface area contributed by atoms with Crippen molar-refractivity contribution in [3.8, 4) is 0 Å². The maximum Gasteiger partial charge on any atom is 0.139 e. The van der Waals surface area contributed by atoms with Gasteiger partial charge in [-0.1, -0.05) is 30.4 Å². The fourth-order valence-electron chi connectivity index (χ4n) is 2.96. The molecule has 4 nitrogen and oxygen atoms in total. The Kier molecular flexibility index (Phi) is 3.78. The summed E-state index contributed by atoms with van der Waals surface area (Å²) in [6.07, 6.45) is 0. The highest BCUT2D eigenvalue weighted by atomic mass is 32.1. The first-order valence-corrected chi connectivity index (χ1v) is 7.62. The van der Waals surface area contributed by atoms with Gasteiger partial charge in [0.1, 0.15) is 10.8 Å². The van der Waals surface area contributed by atoms with Crippen molar-refractivity contribution in [2.45, 2.75) is 13.0 Å². The third-order valence-corrected chi connectivity index (χ3v) is 4.29. The van der Waals surface area contributed by atoms with Crippen LogP contribution >= 0.6 is 12.2 Å². The van der Waals surface area contributed by atoms with E-state index in [2.05, 4.69) is 29.8 Å². The van der Waals surface area contributed by atoms with E-state index in [0.29, 0.717) is 11.0 Å². The van der Waals surface area contributed by atoms with E-state index in [9.17, 15) is 0 Å². The predicted octanol–water partition coefficient (Wildman–Crippen LogP) is 2.01. The Morgan fingerprint density at radius 3 is 2.81 bits per heavy atom. The molecule has 1 aromatic heterocycles. The number of likely N-dealkylation sites (N-methyl/N-ethyl adjacent to an activating group) is 1. The lowest BCUT2D eigenvalue weighted by Gasteiger charge is -2.39. The number of fused-ring (bicyclic) bond motifs is 1. The van der Waals surface area contributed by atoms with Crippen LogP contribution in [-0.4, -0.2) is 47.6 Å². The zero-order valence-corrected chi connectivity index (χ0v) is 13.2. The van der Waals surface area contributed by atoms with E-state index in [4.69, 9.17) is 22.9 Å². The molecule has 2 aromatic rings. The van der Waals surface area contributed by atoms with E-state index < -0.39 is 0 Å². The molecule has 1 unspecified atom stereocenters. The van der Waals surface area contributed by atoms with Crippen LogP contribution in [0.1, 0.15) is 12.5 Å². The minimum Gasteiger partial charge on any atom is -0.389 e. The van der Waals surface area contributed by atoms with Gasteiger partial charge in [-0.3, -0.25) is 0 Å². The summed E-state index contributed by atoms with van der Waals surface area (Å²) in [6.45, 7) is 5.20. The SMILES string of the molecule is CC1CN(C)CCN1c1nc2ccccc2cc1C(N)=S. The lowest BCUT2D eigenvalue weighted by Crippen LogP contribution is -2.51. The number of hydrogen-bond acceptors (Lipinski definition) is 4. The molecule has 0 amide bonds. The Morgan fingerprint density at radius 1 is 1.33 bits per heavy atom. The van der Waals surface area contributed by atoms with Gasteiger partial charge in [-0.25, -0.2) is 4.98 Å². The molecule has 2 heterocycles. The van der Waals surface area contributed by atoms with Crippen molar-refractivity contribution < 1.29 is 0 Å². The molecule has 5 heteroatoms. The average molecular weight is 300 g/mol. The first kappa shape index (κ1) is 14.2. The molecular weight excluding hydrogens is 280 g/mol. The molecule has 110 valence electrons. The summed E-state index contributed by atoms with van der Waals surface area (Å²) in [4.78, 5) is 9.90. The number of thiocarbonyl (C=S) groups is 1. The van der Waals surface area contributed by atoms with E-state index >= 15 is 0 Å². The maximum absolute atomic E-state index is 5.94. The molecule has 1 aromatic carbocycles.